The van der Waals surface area contributed by atoms with Gasteiger partial charge in [-0.1, -0.05) is 29.9 Å². The van der Waals surface area contributed by atoms with E-state index in [1.165, 1.54) is 36.9 Å². The van der Waals surface area contributed by atoms with Crippen LogP contribution < -0.4 is 10.2 Å². The van der Waals surface area contributed by atoms with Gasteiger partial charge in [-0.05, 0) is 51.7 Å². The molecule has 2 aromatic carbocycles. The van der Waals surface area contributed by atoms with Crippen molar-refractivity contribution in [3.63, 3.8) is 0 Å². The first-order valence-electron chi connectivity index (χ1n) is 10.3. The average molecular weight is 437 g/mol. The molecule has 32 heavy (non-hydrogen) atoms. The van der Waals surface area contributed by atoms with E-state index in [1.54, 1.807) is 0 Å². The highest BCUT2D eigenvalue weighted by atomic mass is 16.5. The number of benzene rings is 2. The summed E-state index contributed by atoms with van der Waals surface area (Å²) >= 11 is 0. The predicted octanol–water partition coefficient (Wildman–Crippen LogP) is 5.68. The van der Waals surface area contributed by atoms with Crippen molar-refractivity contribution in [2.24, 2.45) is 5.92 Å². The van der Waals surface area contributed by atoms with Crippen LogP contribution >= 0.6 is 0 Å². The number of fused-ring (bicyclic) bond motifs is 1. The SMILES string of the molecule is C=C(C)C(CC=C(C)C)Cc1c(OC)cc(O)c2c(=O)cc(-c3c(O)cccc3O)oc12. The molecule has 0 amide bonds. The van der Waals surface area contributed by atoms with Crippen molar-refractivity contribution < 1.29 is 24.5 Å². The third-order valence-corrected chi connectivity index (χ3v) is 5.49. The summed E-state index contributed by atoms with van der Waals surface area (Å²) in [6, 6.07) is 6.81. The van der Waals surface area contributed by atoms with Crippen LogP contribution in [0.1, 0.15) is 32.8 Å². The maximum Gasteiger partial charge on any atom is 0.197 e. The fourth-order valence-electron chi connectivity index (χ4n) is 3.71. The second-order valence-electron chi connectivity index (χ2n) is 8.19. The van der Waals surface area contributed by atoms with E-state index in [0.717, 1.165) is 18.1 Å². The van der Waals surface area contributed by atoms with Crippen LogP contribution in [-0.4, -0.2) is 22.4 Å². The Morgan fingerprint density at radius 2 is 1.78 bits per heavy atom. The lowest BCUT2D eigenvalue weighted by Crippen LogP contribution is -2.09. The van der Waals surface area contributed by atoms with Gasteiger partial charge in [-0.25, -0.2) is 0 Å². The Bertz CT molecular complexity index is 1240. The zero-order valence-electron chi connectivity index (χ0n) is 18.7. The van der Waals surface area contributed by atoms with E-state index in [1.807, 2.05) is 20.8 Å². The molecule has 3 aromatic rings. The van der Waals surface area contributed by atoms with Crippen molar-refractivity contribution in [2.75, 3.05) is 7.11 Å². The van der Waals surface area contributed by atoms with Gasteiger partial charge in [0.25, 0.3) is 0 Å². The van der Waals surface area contributed by atoms with E-state index in [0.29, 0.717) is 17.7 Å². The summed E-state index contributed by atoms with van der Waals surface area (Å²) in [6.45, 7) is 10.1. The molecule has 0 fully saturated rings. The van der Waals surface area contributed by atoms with Gasteiger partial charge in [0, 0.05) is 17.7 Å². The molecular weight excluding hydrogens is 408 g/mol. The van der Waals surface area contributed by atoms with Crippen molar-refractivity contribution in [3.8, 4) is 34.3 Å². The standard InChI is InChI=1S/C26H28O6/c1-14(2)9-10-16(15(3)4)11-17-22(31-5)12-20(29)25-21(30)13-23(32-26(17)25)24-18(27)7-6-8-19(24)28/h6-9,12-13,16,27-29H,3,10-11H2,1-2,4-5H3. The average Bonchev–Trinajstić information content (AvgIpc) is 2.71. The Labute approximate surface area is 186 Å². The molecule has 0 aliphatic rings. The van der Waals surface area contributed by atoms with Gasteiger partial charge in [-0.15, -0.1) is 0 Å². The van der Waals surface area contributed by atoms with Gasteiger partial charge in [0.05, 0.1) is 7.11 Å². The minimum atomic E-state index is -0.499. The number of hydrogen-bond acceptors (Lipinski definition) is 6. The highest BCUT2D eigenvalue weighted by Gasteiger charge is 2.23. The predicted molar refractivity (Wildman–Crippen MR) is 126 cm³/mol. The number of aromatic hydroxyl groups is 3. The molecule has 0 spiro atoms. The highest BCUT2D eigenvalue weighted by molar-refractivity contribution is 5.90. The Balaban J connectivity index is 2.30. The quantitative estimate of drug-likeness (QED) is 0.412. The van der Waals surface area contributed by atoms with Crippen LogP contribution in [-0.2, 0) is 6.42 Å². The largest absolute Gasteiger partial charge is 0.507 e. The minimum absolute atomic E-state index is 0.000696. The Kier molecular flexibility index (Phi) is 6.63. The smallest absolute Gasteiger partial charge is 0.197 e. The second kappa shape index (κ2) is 9.22. The van der Waals surface area contributed by atoms with Crippen LogP contribution in [0, 0.1) is 5.92 Å². The molecule has 6 heteroatoms. The van der Waals surface area contributed by atoms with Gasteiger partial charge in [0.1, 0.15) is 45.3 Å². The van der Waals surface area contributed by atoms with E-state index in [9.17, 15) is 20.1 Å². The molecular formula is C26H28O6. The van der Waals surface area contributed by atoms with Crippen LogP contribution in [0.4, 0.5) is 0 Å². The van der Waals surface area contributed by atoms with Crippen LogP contribution in [0.3, 0.4) is 0 Å². The lowest BCUT2D eigenvalue weighted by atomic mass is 9.88. The number of methoxy groups -OCH3 is 1. The topological polar surface area (TPSA) is 100 Å². The van der Waals surface area contributed by atoms with E-state index < -0.39 is 5.43 Å². The molecule has 3 N–H and O–H groups in total. The summed E-state index contributed by atoms with van der Waals surface area (Å²) in [4.78, 5) is 13.0. The van der Waals surface area contributed by atoms with Crippen molar-refractivity contribution in [3.05, 3.63) is 69.9 Å². The maximum absolute atomic E-state index is 13.0. The monoisotopic (exact) mass is 436 g/mol. The van der Waals surface area contributed by atoms with Gasteiger partial charge in [0.15, 0.2) is 5.43 Å². The second-order valence-corrected chi connectivity index (χ2v) is 8.19. The molecule has 1 unspecified atom stereocenters. The molecule has 168 valence electrons. The normalized spacial score (nSPS) is 11.9. The molecule has 3 rings (SSSR count). The van der Waals surface area contributed by atoms with Gasteiger partial charge < -0.3 is 24.5 Å². The molecule has 0 saturated heterocycles. The number of rotatable bonds is 7. The summed E-state index contributed by atoms with van der Waals surface area (Å²) in [6.07, 6.45) is 3.32. The Morgan fingerprint density at radius 3 is 2.34 bits per heavy atom. The maximum atomic E-state index is 13.0. The molecule has 1 atom stereocenters. The van der Waals surface area contributed by atoms with Gasteiger partial charge >= 0.3 is 0 Å². The Morgan fingerprint density at radius 1 is 1.12 bits per heavy atom. The number of phenols is 3. The number of allylic oxidation sites excluding steroid dienone is 3. The first-order chi connectivity index (χ1) is 15.1. The van der Waals surface area contributed by atoms with Crippen molar-refractivity contribution in [1.82, 2.24) is 0 Å². The first kappa shape index (κ1) is 23.0. The van der Waals surface area contributed by atoms with Gasteiger partial charge in [-0.2, -0.15) is 0 Å². The van der Waals surface area contributed by atoms with Crippen LogP contribution in [0.15, 0.2) is 63.3 Å². The molecule has 0 aliphatic carbocycles. The van der Waals surface area contributed by atoms with Crippen LogP contribution in [0.25, 0.3) is 22.3 Å². The zero-order valence-corrected chi connectivity index (χ0v) is 18.7. The molecule has 0 saturated carbocycles. The van der Waals surface area contributed by atoms with Gasteiger partial charge in [0.2, 0.25) is 0 Å². The third kappa shape index (κ3) is 4.49. The molecule has 1 aromatic heterocycles. The number of ether oxygens (including phenoxy) is 1. The zero-order chi connectivity index (χ0) is 23.6. The lowest BCUT2D eigenvalue weighted by molar-refractivity contribution is 0.399. The molecule has 0 bridgehead atoms. The van der Waals surface area contributed by atoms with Crippen molar-refractivity contribution >= 4 is 11.0 Å². The van der Waals surface area contributed by atoms with E-state index in [4.69, 9.17) is 9.15 Å². The molecule has 0 aliphatic heterocycles. The minimum Gasteiger partial charge on any atom is -0.507 e. The highest BCUT2D eigenvalue weighted by Crippen LogP contribution is 2.41. The van der Waals surface area contributed by atoms with E-state index >= 15 is 0 Å². The van der Waals surface area contributed by atoms with Crippen LogP contribution in [0.2, 0.25) is 0 Å². The first-order valence-corrected chi connectivity index (χ1v) is 10.3. The molecule has 0 radical (unpaired) electrons. The number of phenolic OH excluding ortho intramolecular Hbond substituents is 3. The van der Waals surface area contributed by atoms with Gasteiger partial charge in [-0.3, -0.25) is 4.79 Å². The Hall–Kier alpha value is -3.67. The summed E-state index contributed by atoms with van der Waals surface area (Å²) in [5.41, 5.74) is 2.40. The number of hydrogen-bond donors (Lipinski definition) is 3. The molecule has 1 heterocycles. The fourth-order valence-corrected chi connectivity index (χ4v) is 3.71. The summed E-state index contributed by atoms with van der Waals surface area (Å²) in [7, 11) is 1.48. The lowest BCUT2D eigenvalue weighted by Gasteiger charge is -2.19. The summed E-state index contributed by atoms with van der Waals surface area (Å²) in [5.74, 6) is -0.324. The summed E-state index contributed by atoms with van der Waals surface area (Å²) < 4.78 is 11.6. The van der Waals surface area contributed by atoms with E-state index in [-0.39, 0.29) is 45.5 Å². The van der Waals surface area contributed by atoms with Crippen LogP contribution in [0.5, 0.6) is 23.0 Å². The van der Waals surface area contributed by atoms with Crippen molar-refractivity contribution in [1.29, 1.82) is 0 Å². The summed E-state index contributed by atoms with van der Waals surface area (Å²) in [5, 5.41) is 31.0. The molecule has 6 nitrogen and oxygen atoms in total. The third-order valence-electron chi connectivity index (χ3n) is 5.49. The fraction of sp³-hybridized carbons (Fsp3) is 0.269. The van der Waals surface area contributed by atoms with Crippen molar-refractivity contribution in [2.45, 2.75) is 33.6 Å². The van der Waals surface area contributed by atoms with E-state index in [2.05, 4.69) is 12.7 Å².